The molecular formula is C13H15ClO2. The van der Waals surface area contributed by atoms with Crippen LogP contribution in [0.25, 0.3) is 0 Å². The van der Waals surface area contributed by atoms with Crippen LogP contribution in [0, 0.1) is 0 Å². The summed E-state index contributed by atoms with van der Waals surface area (Å²) in [5.74, 6) is 0.0872. The van der Waals surface area contributed by atoms with Gasteiger partial charge in [-0.05, 0) is 49.9 Å². The number of carbonyl (C=O) groups is 1. The van der Waals surface area contributed by atoms with Crippen LogP contribution in [0.1, 0.15) is 36.0 Å². The van der Waals surface area contributed by atoms with Crippen molar-refractivity contribution in [1.82, 2.24) is 0 Å². The molecular weight excluding hydrogens is 224 g/mol. The Morgan fingerprint density at radius 2 is 1.81 bits per heavy atom. The fourth-order valence-corrected chi connectivity index (χ4v) is 2.46. The Morgan fingerprint density at radius 3 is 2.31 bits per heavy atom. The first kappa shape index (κ1) is 11.6. The Kier molecular flexibility index (Phi) is 3.31. The van der Waals surface area contributed by atoms with Crippen LogP contribution in [0.3, 0.4) is 0 Å². The lowest BCUT2D eigenvalue weighted by Crippen LogP contribution is -2.37. The minimum absolute atomic E-state index is 0.0872. The van der Waals surface area contributed by atoms with Crippen molar-refractivity contribution in [2.24, 2.45) is 0 Å². The van der Waals surface area contributed by atoms with E-state index in [1.165, 1.54) is 0 Å². The van der Waals surface area contributed by atoms with Gasteiger partial charge in [-0.15, -0.1) is 0 Å². The number of Topliss-reactive ketones (excluding diaryl/α,β-unsaturated/α-hetero) is 1. The van der Waals surface area contributed by atoms with Gasteiger partial charge >= 0.3 is 0 Å². The van der Waals surface area contributed by atoms with Crippen LogP contribution in [0.15, 0.2) is 24.3 Å². The fourth-order valence-electron chi connectivity index (χ4n) is 2.33. The summed E-state index contributed by atoms with van der Waals surface area (Å²) in [6.45, 7) is 0. The molecule has 16 heavy (non-hydrogen) atoms. The van der Waals surface area contributed by atoms with Gasteiger partial charge in [-0.1, -0.05) is 11.6 Å². The third-order valence-corrected chi connectivity index (χ3v) is 3.57. The molecule has 1 aromatic rings. The van der Waals surface area contributed by atoms with E-state index in [9.17, 15) is 4.79 Å². The first-order valence-corrected chi connectivity index (χ1v) is 5.91. The van der Waals surface area contributed by atoms with Gasteiger partial charge in [-0.3, -0.25) is 4.79 Å². The average molecular weight is 239 g/mol. The predicted octanol–water partition coefficient (Wildman–Crippen LogP) is 3.48. The maximum Gasteiger partial charge on any atom is 0.194 e. The molecule has 2 rings (SSSR count). The topological polar surface area (TPSA) is 26.3 Å². The molecule has 0 aromatic heterocycles. The van der Waals surface area contributed by atoms with Crippen molar-refractivity contribution in [3.05, 3.63) is 34.9 Å². The highest BCUT2D eigenvalue weighted by molar-refractivity contribution is 6.30. The van der Waals surface area contributed by atoms with E-state index in [1.807, 2.05) is 0 Å². The SMILES string of the molecule is COC1(C(=O)c2ccc(Cl)cc2)CCCC1. The summed E-state index contributed by atoms with van der Waals surface area (Å²) in [5, 5.41) is 0.648. The van der Waals surface area contributed by atoms with Gasteiger partial charge in [0.05, 0.1) is 0 Å². The van der Waals surface area contributed by atoms with Gasteiger partial charge in [-0.25, -0.2) is 0 Å². The molecule has 1 aliphatic carbocycles. The Bertz CT molecular complexity index is 377. The standard InChI is InChI=1S/C13H15ClO2/c1-16-13(8-2-3-9-13)12(15)10-4-6-11(14)7-5-10/h4-7H,2-3,8-9H2,1H3. The maximum atomic E-state index is 12.3. The average Bonchev–Trinajstić information content (AvgIpc) is 2.79. The lowest BCUT2D eigenvalue weighted by Gasteiger charge is -2.25. The molecule has 0 saturated heterocycles. The maximum absolute atomic E-state index is 12.3. The molecule has 1 aromatic carbocycles. The summed E-state index contributed by atoms with van der Waals surface area (Å²) >= 11 is 5.80. The molecule has 1 fully saturated rings. The van der Waals surface area contributed by atoms with Crippen LogP contribution in [-0.4, -0.2) is 18.5 Å². The molecule has 0 bridgehead atoms. The van der Waals surface area contributed by atoms with Crippen LogP contribution < -0.4 is 0 Å². The van der Waals surface area contributed by atoms with Crippen LogP contribution in [0.4, 0.5) is 0 Å². The molecule has 0 radical (unpaired) electrons. The van der Waals surface area contributed by atoms with E-state index in [2.05, 4.69) is 0 Å². The second-order valence-electron chi connectivity index (χ2n) is 4.24. The Morgan fingerprint density at radius 1 is 1.25 bits per heavy atom. The number of benzene rings is 1. The smallest absolute Gasteiger partial charge is 0.194 e. The van der Waals surface area contributed by atoms with E-state index in [0.717, 1.165) is 25.7 Å². The number of rotatable bonds is 3. The zero-order chi connectivity index (χ0) is 11.6. The zero-order valence-corrected chi connectivity index (χ0v) is 10.1. The largest absolute Gasteiger partial charge is 0.370 e. The molecule has 86 valence electrons. The zero-order valence-electron chi connectivity index (χ0n) is 9.33. The first-order valence-electron chi connectivity index (χ1n) is 5.53. The summed E-state index contributed by atoms with van der Waals surface area (Å²) in [6.07, 6.45) is 3.77. The number of hydrogen-bond acceptors (Lipinski definition) is 2. The fraction of sp³-hybridized carbons (Fsp3) is 0.462. The van der Waals surface area contributed by atoms with Gasteiger partial charge < -0.3 is 4.74 Å². The van der Waals surface area contributed by atoms with Gasteiger partial charge in [0.2, 0.25) is 0 Å². The van der Waals surface area contributed by atoms with Crippen molar-refractivity contribution in [3.63, 3.8) is 0 Å². The van der Waals surface area contributed by atoms with Crippen molar-refractivity contribution in [3.8, 4) is 0 Å². The third-order valence-electron chi connectivity index (χ3n) is 3.32. The third kappa shape index (κ3) is 2.00. The minimum Gasteiger partial charge on any atom is -0.370 e. The van der Waals surface area contributed by atoms with Crippen LogP contribution in [0.2, 0.25) is 5.02 Å². The minimum atomic E-state index is -0.589. The molecule has 1 saturated carbocycles. The van der Waals surface area contributed by atoms with Crippen molar-refractivity contribution >= 4 is 17.4 Å². The lowest BCUT2D eigenvalue weighted by molar-refractivity contribution is 0.00602. The number of methoxy groups -OCH3 is 1. The molecule has 2 nitrogen and oxygen atoms in total. The second-order valence-corrected chi connectivity index (χ2v) is 4.68. The van der Waals surface area contributed by atoms with E-state index in [4.69, 9.17) is 16.3 Å². The number of hydrogen-bond donors (Lipinski definition) is 0. The molecule has 0 heterocycles. The highest BCUT2D eigenvalue weighted by Gasteiger charge is 2.41. The van der Waals surface area contributed by atoms with Gasteiger partial charge in [0.15, 0.2) is 5.78 Å². The van der Waals surface area contributed by atoms with Crippen molar-refractivity contribution in [2.75, 3.05) is 7.11 Å². The number of carbonyl (C=O) groups excluding carboxylic acids is 1. The van der Waals surface area contributed by atoms with E-state index in [-0.39, 0.29) is 5.78 Å². The van der Waals surface area contributed by atoms with Gasteiger partial charge in [0.1, 0.15) is 5.60 Å². The van der Waals surface area contributed by atoms with Gasteiger partial charge in [0.25, 0.3) is 0 Å². The van der Waals surface area contributed by atoms with E-state index < -0.39 is 5.60 Å². The predicted molar refractivity (Wildman–Crippen MR) is 64.0 cm³/mol. The summed E-state index contributed by atoms with van der Waals surface area (Å²) in [4.78, 5) is 12.3. The second kappa shape index (κ2) is 4.56. The van der Waals surface area contributed by atoms with Crippen LogP contribution in [-0.2, 0) is 4.74 Å². The van der Waals surface area contributed by atoms with Gasteiger partial charge in [0, 0.05) is 17.7 Å². The van der Waals surface area contributed by atoms with E-state index in [1.54, 1.807) is 31.4 Å². The monoisotopic (exact) mass is 238 g/mol. The molecule has 0 unspecified atom stereocenters. The number of ether oxygens (including phenoxy) is 1. The number of halogens is 1. The van der Waals surface area contributed by atoms with Crippen molar-refractivity contribution in [1.29, 1.82) is 0 Å². The summed E-state index contributed by atoms with van der Waals surface area (Å²) in [7, 11) is 1.62. The molecule has 0 aliphatic heterocycles. The number of ketones is 1. The Balaban J connectivity index is 2.26. The highest BCUT2D eigenvalue weighted by Crippen LogP contribution is 2.35. The lowest BCUT2D eigenvalue weighted by atomic mass is 9.91. The highest BCUT2D eigenvalue weighted by atomic mass is 35.5. The van der Waals surface area contributed by atoms with Gasteiger partial charge in [-0.2, -0.15) is 0 Å². The normalized spacial score (nSPS) is 18.6. The summed E-state index contributed by atoms with van der Waals surface area (Å²) in [5.41, 5.74) is 0.0986. The molecule has 3 heteroatoms. The van der Waals surface area contributed by atoms with Crippen LogP contribution in [0.5, 0.6) is 0 Å². The van der Waals surface area contributed by atoms with Crippen molar-refractivity contribution in [2.45, 2.75) is 31.3 Å². The Labute approximate surface area is 101 Å². The molecule has 0 amide bonds. The summed E-state index contributed by atoms with van der Waals surface area (Å²) in [6, 6.07) is 7.02. The van der Waals surface area contributed by atoms with Crippen molar-refractivity contribution < 1.29 is 9.53 Å². The molecule has 0 spiro atoms. The molecule has 0 atom stereocenters. The summed E-state index contributed by atoms with van der Waals surface area (Å²) < 4.78 is 5.46. The first-order chi connectivity index (χ1) is 7.68. The Hall–Kier alpha value is -0.860. The van der Waals surface area contributed by atoms with E-state index in [0.29, 0.717) is 10.6 Å². The molecule has 1 aliphatic rings. The molecule has 0 N–H and O–H groups in total. The van der Waals surface area contributed by atoms with Crippen LogP contribution >= 0.6 is 11.6 Å². The quantitative estimate of drug-likeness (QED) is 0.754. The van der Waals surface area contributed by atoms with E-state index >= 15 is 0 Å².